The van der Waals surface area contributed by atoms with Crippen LogP contribution in [0.15, 0.2) is 30.5 Å². The summed E-state index contributed by atoms with van der Waals surface area (Å²) in [5, 5.41) is 5.02. The second-order valence-electron chi connectivity index (χ2n) is 4.21. The van der Waals surface area contributed by atoms with E-state index in [0.29, 0.717) is 11.6 Å². The van der Waals surface area contributed by atoms with Crippen LogP contribution < -0.4 is 0 Å². The number of hydrogen-bond acceptors (Lipinski definition) is 1. The monoisotopic (exact) mass is 296 g/mol. The number of aromatic nitrogens is 2. The number of halogens is 2. The molecule has 2 aromatic rings. The minimum atomic E-state index is -0.251. The van der Waals surface area contributed by atoms with E-state index < -0.39 is 0 Å². The fourth-order valence-corrected chi connectivity index (χ4v) is 2.36. The average Bonchev–Trinajstić information content (AvgIpc) is 2.73. The van der Waals surface area contributed by atoms with E-state index in [1.807, 2.05) is 6.07 Å². The highest BCUT2D eigenvalue weighted by molar-refractivity contribution is 9.08. The van der Waals surface area contributed by atoms with E-state index in [2.05, 4.69) is 34.9 Å². The standard InChI is InChI=1S/C13H14BrFN2/c1-9(2)13-10(7-14)8-16-17(13)12-6-4-3-5-11(12)15/h3-6,8-9H,7H2,1-2H3. The molecule has 0 radical (unpaired) electrons. The zero-order chi connectivity index (χ0) is 12.4. The highest BCUT2D eigenvalue weighted by atomic mass is 79.9. The topological polar surface area (TPSA) is 17.8 Å². The van der Waals surface area contributed by atoms with Crippen LogP contribution in [0.2, 0.25) is 0 Å². The predicted octanol–water partition coefficient (Wildman–Crippen LogP) is 4.03. The predicted molar refractivity (Wildman–Crippen MR) is 70.2 cm³/mol. The molecule has 1 aromatic heterocycles. The highest BCUT2D eigenvalue weighted by Crippen LogP contribution is 2.25. The molecule has 0 fully saturated rings. The van der Waals surface area contributed by atoms with Crippen LogP contribution in [0.4, 0.5) is 4.39 Å². The molecule has 0 aliphatic rings. The third-order valence-electron chi connectivity index (χ3n) is 2.66. The molecule has 1 heterocycles. The van der Waals surface area contributed by atoms with Crippen LogP contribution in [0.25, 0.3) is 5.69 Å². The fourth-order valence-electron chi connectivity index (χ4n) is 1.93. The van der Waals surface area contributed by atoms with Crippen molar-refractivity contribution >= 4 is 15.9 Å². The summed E-state index contributed by atoms with van der Waals surface area (Å²) in [7, 11) is 0. The van der Waals surface area contributed by atoms with Crippen LogP contribution in [-0.2, 0) is 5.33 Å². The number of para-hydroxylation sites is 1. The van der Waals surface area contributed by atoms with E-state index in [4.69, 9.17) is 0 Å². The first-order valence-corrected chi connectivity index (χ1v) is 6.65. The SMILES string of the molecule is CC(C)c1c(CBr)cnn1-c1ccccc1F. The van der Waals surface area contributed by atoms with Gasteiger partial charge in [0.25, 0.3) is 0 Å². The lowest BCUT2D eigenvalue weighted by atomic mass is 10.1. The smallest absolute Gasteiger partial charge is 0.148 e. The Labute approximate surface area is 109 Å². The van der Waals surface area contributed by atoms with Crippen LogP contribution in [-0.4, -0.2) is 9.78 Å². The zero-order valence-electron chi connectivity index (χ0n) is 9.82. The van der Waals surface area contributed by atoms with Gasteiger partial charge in [0, 0.05) is 10.9 Å². The molecule has 0 spiro atoms. The summed E-state index contributed by atoms with van der Waals surface area (Å²) in [4.78, 5) is 0. The Hall–Kier alpha value is -1.16. The lowest BCUT2D eigenvalue weighted by Crippen LogP contribution is -2.06. The first kappa shape index (κ1) is 12.3. The van der Waals surface area contributed by atoms with E-state index in [0.717, 1.165) is 16.6 Å². The molecule has 17 heavy (non-hydrogen) atoms. The minimum Gasteiger partial charge on any atom is -0.234 e. The van der Waals surface area contributed by atoms with Crippen molar-refractivity contribution in [2.24, 2.45) is 0 Å². The molecule has 0 bridgehead atoms. The quantitative estimate of drug-likeness (QED) is 0.782. The van der Waals surface area contributed by atoms with Gasteiger partial charge in [-0.3, -0.25) is 0 Å². The molecule has 0 saturated carbocycles. The van der Waals surface area contributed by atoms with E-state index in [1.165, 1.54) is 6.07 Å². The Kier molecular flexibility index (Phi) is 3.62. The molecule has 0 aliphatic heterocycles. The molecule has 0 amide bonds. The third kappa shape index (κ3) is 2.27. The largest absolute Gasteiger partial charge is 0.234 e. The van der Waals surface area contributed by atoms with Gasteiger partial charge < -0.3 is 0 Å². The zero-order valence-corrected chi connectivity index (χ0v) is 11.4. The molecular formula is C13H14BrFN2. The first-order chi connectivity index (χ1) is 8.15. The highest BCUT2D eigenvalue weighted by Gasteiger charge is 2.16. The first-order valence-electron chi connectivity index (χ1n) is 5.52. The molecule has 2 nitrogen and oxygen atoms in total. The summed E-state index contributed by atoms with van der Waals surface area (Å²) in [6.45, 7) is 4.17. The summed E-state index contributed by atoms with van der Waals surface area (Å²) >= 11 is 3.43. The summed E-state index contributed by atoms with van der Waals surface area (Å²) < 4.78 is 15.5. The summed E-state index contributed by atoms with van der Waals surface area (Å²) in [6, 6.07) is 6.70. The van der Waals surface area contributed by atoms with E-state index in [9.17, 15) is 4.39 Å². The molecule has 0 atom stereocenters. The van der Waals surface area contributed by atoms with E-state index in [1.54, 1.807) is 23.0 Å². The molecule has 2 rings (SSSR count). The maximum Gasteiger partial charge on any atom is 0.148 e. The number of hydrogen-bond donors (Lipinski definition) is 0. The van der Waals surface area contributed by atoms with E-state index >= 15 is 0 Å². The second kappa shape index (κ2) is 5.00. The van der Waals surface area contributed by atoms with Gasteiger partial charge in [0.2, 0.25) is 0 Å². The average molecular weight is 297 g/mol. The van der Waals surface area contributed by atoms with Crippen LogP contribution in [0, 0.1) is 5.82 Å². The van der Waals surface area contributed by atoms with Gasteiger partial charge in [0.05, 0.1) is 11.9 Å². The molecule has 4 heteroatoms. The lowest BCUT2D eigenvalue weighted by Gasteiger charge is -2.12. The Bertz CT molecular complexity index is 520. The van der Waals surface area contributed by atoms with E-state index in [-0.39, 0.29) is 5.82 Å². The summed E-state index contributed by atoms with van der Waals surface area (Å²) in [6.07, 6.45) is 1.79. The van der Waals surface area contributed by atoms with Gasteiger partial charge in [-0.15, -0.1) is 0 Å². The Morgan fingerprint density at radius 3 is 2.65 bits per heavy atom. The molecule has 0 saturated heterocycles. The second-order valence-corrected chi connectivity index (χ2v) is 4.77. The van der Waals surface area contributed by atoms with Crippen LogP contribution in [0.5, 0.6) is 0 Å². The summed E-state index contributed by atoms with van der Waals surface area (Å²) in [5.41, 5.74) is 2.65. The normalized spacial score (nSPS) is 11.1. The van der Waals surface area contributed by atoms with Crippen molar-refractivity contribution in [2.45, 2.75) is 25.1 Å². The molecular weight excluding hydrogens is 283 g/mol. The minimum absolute atomic E-state index is 0.251. The Morgan fingerprint density at radius 2 is 2.06 bits per heavy atom. The van der Waals surface area contributed by atoms with Gasteiger partial charge in [-0.1, -0.05) is 41.9 Å². The molecule has 0 unspecified atom stereocenters. The maximum absolute atomic E-state index is 13.8. The number of nitrogens with zero attached hydrogens (tertiary/aromatic N) is 2. The molecule has 90 valence electrons. The van der Waals surface area contributed by atoms with Crippen molar-refractivity contribution in [3.05, 3.63) is 47.5 Å². The molecule has 0 aliphatic carbocycles. The van der Waals surface area contributed by atoms with Crippen molar-refractivity contribution < 1.29 is 4.39 Å². The maximum atomic E-state index is 13.8. The third-order valence-corrected chi connectivity index (χ3v) is 3.26. The molecule has 0 N–H and O–H groups in total. The fraction of sp³-hybridized carbons (Fsp3) is 0.308. The van der Waals surface area contributed by atoms with Crippen LogP contribution >= 0.6 is 15.9 Å². The number of alkyl halides is 1. The Balaban J connectivity index is 2.60. The van der Waals surface area contributed by atoms with Crippen molar-refractivity contribution in [2.75, 3.05) is 0 Å². The van der Waals surface area contributed by atoms with Gasteiger partial charge in [-0.25, -0.2) is 9.07 Å². The van der Waals surface area contributed by atoms with Crippen molar-refractivity contribution in [3.8, 4) is 5.69 Å². The van der Waals surface area contributed by atoms with Crippen molar-refractivity contribution in [1.29, 1.82) is 0 Å². The summed E-state index contributed by atoms with van der Waals surface area (Å²) in [5.74, 6) is 0.0447. The van der Waals surface area contributed by atoms with Crippen LogP contribution in [0.3, 0.4) is 0 Å². The van der Waals surface area contributed by atoms with Gasteiger partial charge in [0.1, 0.15) is 11.5 Å². The number of rotatable bonds is 3. The Morgan fingerprint density at radius 1 is 1.35 bits per heavy atom. The lowest BCUT2D eigenvalue weighted by molar-refractivity contribution is 0.602. The van der Waals surface area contributed by atoms with Crippen molar-refractivity contribution in [1.82, 2.24) is 9.78 Å². The van der Waals surface area contributed by atoms with Crippen molar-refractivity contribution in [3.63, 3.8) is 0 Å². The molecule has 1 aromatic carbocycles. The van der Waals surface area contributed by atoms with Gasteiger partial charge >= 0.3 is 0 Å². The number of benzene rings is 1. The van der Waals surface area contributed by atoms with Crippen LogP contribution in [0.1, 0.15) is 31.0 Å². The van der Waals surface area contributed by atoms with Gasteiger partial charge in [-0.05, 0) is 18.1 Å². The van der Waals surface area contributed by atoms with Gasteiger partial charge in [-0.2, -0.15) is 5.10 Å². The van der Waals surface area contributed by atoms with Gasteiger partial charge in [0.15, 0.2) is 0 Å².